The summed E-state index contributed by atoms with van der Waals surface area (Å²) in [5.74, 6) is -1.25. The Balaban J connectivity index is 2.16. The van der Waals surface area contributed by atoms with Gasteiger partial charge in [-0.1, -0.05) is 6.07 Å². The second kappa shape index (κ2) is 6.75. The van der Waals surface area contributed by atoms with Crippen molar-refractivity contribution in [1.82, 2.24) is 0 Å². The van der Waals surface area contributed by atoms with Crippen LogP contribution < -0.4 is 4.90 Å². The van der Waals surface area contributed by atoms with Crippen LogP contribution in [0.2, 0.25) is 0 Å². The van der Waals surface area contributed by atoms with Gasteiger partial charge in [0.1, 0.15) is 5.82 Å². The number of nitrogens with zero attached hydrogens (tertiary/aromatic N) is 3. The van der Waals surface area contributed by atoms with Crippen molar-refractivity contribution in [2.24, 2.45) is 0 Å². The quantitative estimate of drug-likeness (QED) is 0.600. The van der Waals surface area contributed by atoms with Gasteiger partial charge in [-0.25, -0.2) is 4.39 Å². The molecule has 8 nitrogen and oxygen atoms in total. The Hall–Kier alpha value is -3.36. The van der Waals surface area contributed by atoms with E-state index >= 15 is 0 Å². The molecule has 0 aliphatic carbocycles. The highest BCUT2D eigenvalue weighted by Crippen LogP contribution is 2.35. The molecule has 27 heavy (non-hydrogen) atoms. The van der Waals surface area contributed by atoms with Crippen LogP contribution >= 0.6 is 0 Å². The molecule has 1 aliphatic heterocycles. The summed E-state index contributed by atoms with van der Waals surface area (Å²) in [5, 5.41) is 22.4. The number of halogens is 1. The zero-order valence-corrected chi connectivity index (χ0v) is 14.7. The van der Waals surface area contributed by atoms with Crippen molar-refractivity contribution in [2.45, 2.75) is 26.7 Å². The number of amides is 1. The highest BCUT2D eigenvalue weighted by atomic mass is 19.1. The molecule has 0 saturated carbocycles. The lowest BCUT2D eigenvalue weighted by molar-refractivity contribution is -0.394. The first kappa shape index (κ1) is 18.4. The van der Waals surface area contributed by atoms with Crippen LogP contribution in [0.4, 0.5) is 21.5 Å². The third-order valence-electron chi connectivity index (χ3n) is 4.63. The molecule has 2 aromatic carbocycles. The lowest BCUT2D eigenvalue weighted by atomic mass is 9.97. The fourth-order valence-corrected chi connectivity index (χ4v) is 3.39. The van der Waals surface area contributed by atoms with Crippen molar-refractivity contribution in [1.29, 1.82) is 0 Å². The average molecular weight is 373 g/mol. The molecule has 0 fully saturated rings. The molecule has 0 aromatic heterocycles. The number of nitro groups is 2. The fraction of sp³-hybridized carbons (Fsp3) is 0.278. The Morgan fingerprint density at radius 2 is 1.81 bits per heavy atom. The second-order valence-electron chi connectivity index (χ2n) is 6.47. The minimum Gasteiger partial charge on any atom is -0.305 e. The molecule has 140 valence electrons. The summed E-state index contributed by atoms with van der Waals surface area (Å²) in [4.78, 5) is 35.1. The van der Waals surface area contributed by atoms with E-state index in [1.807, 2.05) is 0 Å². The Kier molecular flexibility index (Phi) is 4.61. The minimum absolute atomic E-state index is 0.00948. The molecule has 1 amide bonds. The molecule has 0 spiro atoms. The number of nitro benzene ring substituents is 2. The van der Waals surface area contributed by atoms with Crippen molar-refractivity contribution in [3.05, 3.63) is 72.6 Å². The third-order valence-corrected chi connectivity index (χ3v) is 4.63. The van der Waals surface area contributed by atoms with E-state index in [0.717, 1.165) is 17.7 Å². The predicted molar refractivity (Wildman–Crippen MR) is 95.6 cm³/mol. The number of fused-ring (bicyclic) bond motifs is 1. The van der Waals surface area contributed by atoms with Gasteiger partial charge in [0.15, 0.2) is 0 Å². The molecule has 0 unspecified atom stereocenters. The second-order valence-corrected chi connectivity index (χ2v) is 6.47. The van der Waals surface area contributed by atoms with Gasteiger partial charge < -0.3 is 4.90 Å². The molecule has 9 heteroatoms. The first-order valence-corrected chi connectivity index (χ1v) is 8.25. The molecule has 0 N–H and O–H groups in total. The van der Waals surface area contributed by atoms with Crippen LogP contribution in [-0.2, 0) is 6.42 Å². The summed E-state index contributed by atoms with van der Waals surface area (Å²) in [6, 6.07) is 4.93. The van der Waals surface area contributed by atoms with Gasteiger partial charge in [0.2, 0.25) is 0 Å². The van der Waals surface area contributed by atoms with Crippen LogP contribution in [-0.4, -0.2) is 22.3 Å². The van der Waals surface area contributed by atoms with Gasteiger partial charge in [0.25, 0.3) is 17.3 Å². The topological polar surface area (TPSA) is 107 Å². The average Bonchev–Trinajstić information content (AvgIpc) is 2.60. The number of benzene rings is 2. The molecule has 2 aromatic rings. The van der Waals surface area contributed by atoms with Gasteiger partial charge in [-0.05, 0) is 43.9 Å². The van der Waals surface area contributed by atoms with Gasteiger partial charge >= 0.3 is 0 Å². The summed E-state index contributed by atoms with van der Waals surface area (Å²) >= 11 is 0. The zero-order valence-electron chi connectivity index (χ0n) is 14.7. The molecule has 1 heterocycles. The van der Waals surface area contributed by atoms with Crippen molar-refractivity contribution < 1.29 is 19.0 Å². The molecule has 1 aliphatic rings. The van der Waals surface area contributed by atoms with Gasteiger partial charge in [0.05, 0.1) is 27.2 Å². The Morgan fingerprint density at radius 3 is 2.44 bits per heavy atom. The van der Waals surface area contributed by atoms with E-state index in [4.69, 9.17) is 0 Å². The van der Waals surface area contributed by atoms with Gasteiger partial charge in [-0.2, -0.15) is 0 Å². The van der Waals surface area contributed by atoms with Crippen molar-refractivity contribution in [3.8, 4) is 0 Å². The number of non-ortho nitro benzene ring substituents is 1. The van der Waals surface area contributed by atoms with E-state index in [9.17, 15) is 29.4 Å². The van der Waals surface area contributed by atoms with E-state index in [1.54, 1.807) is 13.0 Å². The molecule has 0 saturated heterocycles. The highest BCUT2D eigenvalue weighted by molar-refractivity contribution is 6.08. The molecule has 0 atom stereocenters. The van der Waals surface area contributed by atoms with E-state index in [-0.39, 0.29) is 23.4 Å². The molecule has 0 radical (unpaired) electrons. The maximum atomic E-state index is 14.6. The van der Waals surface area contributed by atoms with E-state index in [0.29, 0.717) is 18.4 Å². The van der Waals surface area contributed by atoms with E-state index in [1.165, 1.54) is 17.9 Å². The number of carbonyl (C=O) groups excluding carboxylic acids is 1. The van der Waals surface area contributed by atoms with Gasteiger partial charge in [0, 0.05) is 18.2 Å². The van der Waals surface area contributed by atoms with Gasteiger partial charge in [-0.3, -0.25) is 25.0 Å². The largest absolute Gasteiger partial charge is 0.305 e. The Bertz CT molecular complexity index is 989. The minimum atomic E-state index is -0.794. The summed E-state index contributed by atoms with van der Waals surface area (Å²) in [5.41, 5.74) is 0.281. The van der Waals surface area contributed by atoms with Crippen molar-refractivity contribution in [3.63, 3.8) is 0 Å². The van der Waals surface area contributed by atoms with Crippen LogP contribution in [0.15, 0.2) is 24.3 Å². The maximum absolute atomic E-state index is 14.6. The molecule has 0 bridgehead atoms. The smallest absolute Gasteiger partial charge is 0.279 e. The standard InChI is InChI=1S/C18H16FN3O5/c1-10-6-12-4-3-5-20(17(12)15(19)7-10)18(23)14-8-13(21(24)25)9-16(11(14)2)22(26)27/h6-9H,3-5H2,1-2H3. The Labute approximate surface area is 153 Å². The fourth-order valence-electron chi connectivity index (χ4n) is 3.39. The number of aryl methyl sites for hydroxylation is 2. The van der Waals surface area contributed by atoms with E-state index < -0.39 is 32.9 Å². The van der Waals surface area contributed by atoms with E-state index in [2.05, 4.69) is 0 Å². The highest BCUT2D eigenvalue weighted by Gasteiger charge is 2.31. The summed E-state index contributed by atoms with van der Waals surface area (Å²) < 4.78 is 14.6. The molecular formula is C18H16FN3O5. The third kappa shape index (κ3) is 3.23. The first-order chi connectivity index (χ1) is 12.7. The normalized spacial score (nSPS) is 13.2. The van der Waals surface area contributed by atoms with Crippen LogP contribution in [0.1, 0.15) is 33.5 Å². The van der Waals surface area contributed by atoms with Crippen LogP contribution in [0.25, 0.3) is 0 Å². The number of carbonyl (C=O) groups is 1. The number of anilines is 1. The van der Waals surface area contributed by atoms with Crippen LogP contribution in [0, 0.1) is 39.9 Å². The predicted octanol–water partition coefficient (Wildman–Crippen LogP) is 3.85. The number of rotatable bonds is 3. The van der Waals surface area contributed by atoms with Crippen LogP contribution in [0.5, 0.6) is 0 Å². The molecular weight excluding hydrogens is 357 g/mol. The van der Waals surface area contributed by atoms with Crippen molar-refractivity contribution in [2.75, 3.05) is 11.4 Å². The summed E-state index contributed by atoms with van der Waals surface area (Å²) in [7, 11) is 0. The Morgan fingerprint density at radius 1 is 1.11 bits per heavy atom. The van der Waals surface area contributed by atoms with Gasteiger partial charge in [-0.15, -0.1) is 0 Å². The molecule has 3 rings (SSSR count). The lowest BCUT2D eigenvalue weighted by Gasteiger charge is -2.30. The SMILES string of the molecule is Cc1cc(F)c2c(c1)CCCN2C(=O)c1cc([N+](=O)[O-])cc([N+](=O)[O-])c1C. The van der Waals surface area contributed by atoms with Crippen LogP contribution in [0.3, 0.4) is 0 Å². The maximum Gasteiger partial charge on any atom is 0.279 e. The first-order valence-electron chi connectivity index (χ1n) is 8.25. The zero-order chi connectivity index (χ0) is 19.9. The monoisotopic (exact) mass is 373 g/mol. The number of hydrogen-bond donors (Lipinski definition) is 0. The lowest BCUT2D eigenvalue weighted by Crippen LogP contribution is -2.36. The van der Waals surface area contributed by atoms with Crippen molar-refractivity contribution >= 4 is 23.0 Å². The summed E-state index contributed by atoms with van der Waals surface area (Å²) in [6.45, 7) is 3.32. The number of hydrogen-bond acceptors (Lipinski definition) is 5. The summed E-state index contributed by atoms with van der Waals surface area (Å²) in [6.07, 6.45) is 1.20.